The minimum atomic E-state index is -0.386. The van der Waals surface area contributed by atoms with Crippen molar-refractivity contribution in [2.24, 2.45) is 0 Å². The molecule has 1 N–H and O–H groups in total. The van der Waals surface area contributed by atoms with E-state index in [2.05, 4.69) is 5.32 Å². The Bertz CT molecular complexity index is 476. The van der Waals surface area contributed by atoms with Crippen LogP contribution in [0.15, 0.2) is 18.3 Å². The normalized spacial score (nSPS) is 23.5. The largest absolute Gasteiger partial charge is 0.352 e. The van der Waals surface area contributed by atoms with Crippen LogP contribution in [-0.2, 0) is 11.3 Å². The van der Waals surface area contributed by atoms with Crippen molar-refractivity contribution in [1.82, 2.24) is 14.8 Å². The van der Waals surface area contributed by atoms with E-state index in [-0.39, 0.29) is 17.9 Å². The molecule has 0 aromatic carbocycles. The number of hydrogen-bond acceptors (Lipinski definition) is 2. The number of carbonyl (C=O) groups excluding carboxylic acids is 2. The lowest BCUT2D eigenvalue weighted by Crippen LogP contribution is -2.53. The number of carbonyl (C=O) groups is 2. The van der Waals surface area contributed by atoms with Gasteiger partial charge >= 0.3 is 0 Å². The third kappa shape index (κ3) is 1.71. The third-order valence-corrected chi connectivity index (χ3v) is 3.43. The summed E-state index contributed by atoms with van der Waals surface area (Å²) in [5.41, 5.74) is 0.656. The Labute approximate surface area is 99.4 Å². The number of aromatic nitrogens is 1. The molecule has 0 spiro atoms. The monoisotopic (exact) mass is 233 g/mol. The molecule has 1 unspecified atom stereocenters. The first-order chi connectivity index (χ1) is 8.16. The predicted molar refractivity (Wildman–Crippen MR) is 61.5 cm³/mol. The Balaban J connectivity index is 1.82. The summed E-state index contributed by atoms with van der Waals surface area (Å²) in [7, 11) is 1.69. The van der Waals surface area contributed by atoms with E-state index >= 15 is 0 Å². The van der Waals surface area contributed by atoms with Crippen LogP contribution < -0.4 is 5.32 Å². The number of hydrogen-bond donors (Lipinski definition) is 1. The molecule has 1 aliphatic heterocycles. The SMILES string of the molecule is CN1C(=O)c2cccn2CC1C(=O)NC1CC1. The summed E-state index contributed by atoms with van der Waals surface area (Å²) in [4.78, 5) is 25.6. The van der Waals surface area contributed by atoms with Crippen LogP contribution in [-0.4, -0.2) is 40.4 Å². The lowest BCUT2D eigenvalue weighted by Gasteiger charge is -2.32. The topological polar surface area (TPSA) is 54.3 Å². The van der Waals surface area contributed by atoms with Gasteiger partial charge in [-0.1, -0.05) is 0 Å². The third-order valence-electron chi connectivity index (χ3n) is 3.43. The maximum atomic E-state index is 12.0. The van der Waals surface area contributed by atoms with E-state index in [1.807, 2.05) is 16.8 Å². The van der Waals surface area contributed by atoms with E-state index in [0.29, 0.717) is 18.3 Å². The van der Waals surface area contributed by atoms with Crippen LogP contribution >= 0.6 is 0 Å². The molecule has 1 atom stereocenters. The van der Waals surface area contributed by atoms with Gasteiger partial charge in [-0.2, -0.15) is 0 Å². The van der Waals surface area contributed by atoms with Gasteiger partial charge in [0.15, 0.2) is 0 Å². The van der Waals surface area contributed by atoms with Crippen molar-refractivity contribution in [2.45, 2.75) is 31.5 Å². The average molecular weight is 233 g/mol. The summed E-state index contributed by atoms with van der Waals surface area (Å²) in [5, 5.41) is 2.95. The molecule has 5 heteroatoms. The van der Waals surface area contributed by atoms with Gasteiger partial charge in [0.1, 0.15) is 11.7 Å². The number of rotatable bonds is 2. The van der Waals surface area contributed by atoms with Crippen molar-refractivity contribution in [3.05, 3.63) is 24.0 Å². The molecule has 17 heavy (non-hydrogen) atoms. The highest BCUT2D eigenvalue weighted by molar-refractivity contribution is 5.97. The Morgan fingerprint density at radius 1 is 1.47 bits per heavy atom. The minimum absolute atomic E-state index is 0.0392. The lowest BCUT2D eigenvalue weighted by atomic mass is 10.1. The van der Waals surface area contributed by atoms with Crippen molar-refractivity contribution in [1.29, 1.82) is 0 Å². The van der Waals surface area contributed by atoms with Crippen LogP contribution in [0.1, 0.15) is 23.3 Å². The summed E-state index contributed by atoms with van der Waals surface area (Å²) in [6, 6.07) is 3.57. The predicted octanol–water partition coefficient (Wildman–Crippen LogP) is 0.221. The summed E-state index contributed by atoms with van der Waals surface area (Å²) in [5.74, 6) is -0.125. The highest BCUT2D eigenvalue weighted by Crippen LogP contribution is 2.21. The average Bonchev–Trinajstić information content (AvgIpc) is 2.98. The minimum Gasteiger partial charge on any atom is -0.352 e. The second kappa shape index (κ2) is 3.61. The van der Waals surface area contributed by atoms with E-state index in [1.54, 1.807) is 13.1 Å². The number of amides is 2. The van der Waals surface area contributed by atoms with E-state index in [4.69, 9.17) is 0 Å². The van der Waals surface area contributed by atoms with Crippen molar-refractivity contribution < 1.29 is 9.59 Å². The molecule has 90 valence electrons. The molecule has 1 aromatic heterocycles. The summed E-state index contributed by atoms with van der Waals surface area (Å²) < 4.78 is 1.85. The Kier molecular flexibility index (Phi) is 2.21. The number of nitrogens with zero attached hydrogens (tertiary/aromatic N) is 2. The molecule has 0 radical (unpaired) electrons. The van der Waals surface area contributed by atoms with Crippen LogP contribution in [0.4, 0.5) is 0 Å². The molecule has 1 fully saturated rings. The highest BCUT2D eigenvalue weighted by atomic mass is 16.2. The molecular formula is C12H15N3O2. The highest BCUT2D eigenvalue weighted by Gasteiger charge is 2.36. The van der Waals surface area contributed by atoms with Crippen molar-refractivity contribution in [3.8, 4) is 0 Å². The van der Waals surface area contributed by atoms with Gasteiger partial charge in [0, 0.05) is 19.3 Å². The van der Waals surface area contributed by atoms with Gasteiger partial charge in [-0.05, 0) is 25.0 Å². The molecule has 0 bridgehead atoms. The fourth-order valence-electron chi connectivity index (χ4n) is 2.18. The fraction of sp³-hybridized carbons (Fsp3) is 0.500. The molecule has 2 heterocycles. The zero-order valence-corrected chi connectivity index (χ0v) is 9.72. The smallest absolute Gasteiger partial charge is 0.270 e. The molecular weight excluding hydrogens is 218 g/mol. The molecule has 3 rings (SSSR count). The lowest BCUT2D eigenvalue weighted by molar-refractivity contribution is -0.126. The van der Waals surface area contributed by atoms with Gasteiger partial charge in [0.2, 0.25) is 5.91 Å². The first-order valence-corrected chi connectivity index (χ1v) is 5.89. The van der Waals surface area contributed by atoms with Gasteiger partial charge in [-0.25, -0.2) is 0 Å². The molecule has 2 amide bonds. The first kappa shape index (κ1) is 10.4. The van der Waals surface area contributed by atoms with E-state index in [9.17, 15) is 9.59 Å². The Morgan fingerprint density at radius 2 is 2.24 bits per heavy atom. The summed E-state index contributed by atoms with van der Waals surface area (Å²) >= 11 is 0. The van der Waals surface area contributed by atoms with Gasteiger partial charge in [0.25, 0.3) is 5.91 Å². The van der Waals surface area contributed by atoms with E-state index < -0.39 is 0 Å². The zero-order chi connectivity index (χ0) is 12.0. The number of likely N-dealkylation sites (N-methyl/N-ethyl adjacent to an activating group) is 1. The second-order valence-electron chi connectivity index (χ2n) is 4.76. The maximum absolute atomic E-state index is 12.0. The van der Waals surface area contributed by atoms with Crippen molar-refractivity contribution >= 4 is 11.8 Å². The first-order valence-electron chi connectivity index (χ1n) is 5.89. The molecule has 1 aliphatic carbocycles. The number of fused-ring (bicyclic) bond motifs is 1. The second-order valence-corrected chi connectivity index (χ2v) is 4.76. The number of nitrogens with one attached hydrogen (secondary N) is 1. The quantitative estimate of drug-likeness (QED) is 0.794. The van der Waals surface area contributed by atoms with E-state index in [0.717, 1.165) is 12.8 Å². The zero-order valence-electron chi connectivity index (χ0n) is 9.72. The molecule has 0 saturated heterocycles. The molecule has 5 nitrogen and oxygen atoms in total. The summed E-state index contributed by atoms with van der Waals surface area (Å²) in [6.07, 6.45) is 3.97. The van der Waals surface area contributed by atoms with Crippen molar-refractivity contribution in [3.63, 3.8) is 0 Å². The van der Waals surface area contributed by atoms with Crippen LogP contribution in [0, 0.1) is 0 Å². The van der Waals surface area contributed by atoms with Gasteiger partial charge in [-0.15, -0.1) is 0 Å². The fourth-order valence-corrected chi connectivity index (χ4v) is 2.18. The van der Waals surface area contributed by atoms with Crippen molar-refractivity contribution in [2.75, 3.05) is 7.05 Å². The standard InChI is InChI=1S/C12H15N3O2/c1-14-10(11(16)13-8-4-5-8)7-15-6-2-3-9(15)12(14)17/h2-3,6,8,10H,4-5,7H2,1H3,(H,13,16). The van der Waals surface area contributed by atoms with E-state index in [1.165, 1.54) is 4.90 Å². The van der Waals surface area contributed by atoms with Crippen LogP contribution in [0.5, 0.6) is 0 Å². The van der Waals surface area contributed by atoms with Gasteiger partial charge in [0.05, 0.1) is 6.54 Å². The maximum Gasteiger partial charge on any atom is 0.270 e. The molecule has 2 aliphatic rings. The molecule has 1 aromatic rings. The van der Waals surface area contributed by atoms with Crippen LogP contribution in [0.3, 0.4) is 0 Å². The van der Waals surface area contributed by atoms with Crippen LogP contribution in [0.2, 0.25) is 0 Å². The van der Waals surface area contributed by atoms with Gasteiger partial charge in [-0.3, -0.25) is 9.59 Å². The Hall–Kier alpha value is -1.78. The Morgan fingerprint density at radius 3 is 2.94 bits per heavy atom. The summed E-state index contributed by atoms with van der Waals surface area (Å²) in [6.45, 7) is 0.545. The van der Waals surface area contributed by atoms with Crippen LogP contribution in [0.25, 0.3) is 0 Å². The van der Waals surface area contributed by atoms with Gasteiger partial charge < -0.3 is 14.8 Å². The molecule has 1 saturated carbocycles.